The van der Waals surface area contributed by atoms with Gasteiger partial charge in [-0.1, -0.05) is 5.92 Å². The van der Waals surface area contributed by atoms with E-state index >= 15 is 0 Å². The molecule has 0 saturated carbocycles. The third kappa shape index (κ3) is 3.38. The van der Waals surface area contributed by atoms with Gasteiger partial charge in [0, 0.05) is 13.1 Å². The molecule has 0 aromatic rings. The molecule has 0 aromatic carbocycles. The van der Waals surface area contributed by atoms with E-state index in [0.29, 0.717) is 6.61 Å². The Balaban J connectivity index is 2.08. The Hall–Kier alpha value is -0.560. The molecule has 62 valence electrons. The van der Waals surface area contributed by atoms with Gasteiger partial charge in [0.25, 0.3) is 0 Å². The highest BCUT2D eigenvalue weighted by Crippen LogP contribution is 1.96. The van der Waals surface area contributed by atoms with Crippen LogP contribution in [0.1, 0.15) is 6.92 Å². The predicted molar refractivity (Wildman–Crippen MR) is 41.8 cm³/mol. The van der Waals surface area contributed by atoms with E-state index in [1.165, 1.54) is 0 Å². The molecule has 0 spiro atoms. The summed E-state index contributed by atoms with van der Waals surface area (Å²) >= 11 is 0. The zero-order valence-electron chi connectivity index (χ0n) is 6.80. The molecule has 1 aliphatic rings. The first-order valence-electron chi connectivity index (χ1n) is 3.78. The fourth-order valence-electron chi connectivity index (χ4n) is 0.871. The summed E-state index contributed by atoms with van der Waals surface area (Å²) < 4.78 is 5.15. The largest absolute Gasteiger partial charge is 0.379 e. The highest BCUT2D eigenvalue weighted by Gasteiger charge is 2.08. The molecule has 11 heavy (non-hydrogen) atoms. The van der Waals surface area contributed by atoms with Gasteiger partial charge in [-0.2, -0.15) is 5.06 Å². The molecule has 0 atom stereocenters. The highest BCUT2D eigenvalue weighted by molar-refractivity contribution is 4.94. The number of hydrogen-bond donors (Lipinski definition) is 0. The molecule has 0 aromatic heterocycles. The molecule has 0 unspecified atom stereocenters. The number of hydroxylamine groups is 2. The van der Waals surface area contributed by atoms with Crippen molar-refractivity contribution in [1.82, 2.24) is 5.06 Å². The number of ether oxygens (including phenoxy) is 1. The normalized spacial score (nSPS) is 19.0. The molecular weight excluding hydrogens is 142 g/mol. The van der Waals surface area contributed by atoms with Crippen molar-refractivity contribution in [3.05, 3.63) is 0 Å². The van der Waals surface area contributed by atoms with E-state index in [0.717, 1.165) is 26.3 Å². The average molecular weight is 155 g/mol. The maximum absolute atomic E-state index is 5.30. The number of morpholine rings is 1. The summed E-state index contributed by atoms with van der Waals surface area (Å²) in [7, 11) is 0. The molecular formula is C8H13NO2. The van der Waals surface area contributed by atoms with Crippen LogP contribution in [-0.2, 0) is 9.57 Å². The van der Waals surface area contributed by atoms with Crippen LogP contribution in [0.15, 0.2) is 0 Å². The van der Waals surface area contributed by atoms with Crippen molar-refractivity contribution in [3.63, 3.8) is 0 Å². The van der Waals surface area contributed by atoms with Gasteiger partial charge in [0.15, 0.2) is 0 Å². The van der Waals surface area contributed by atoms with Crippen molar-refractivity contribution in [1.29, 1.82) is 0 Å². The molecule has 0 bridgehead atoms. The second-order valence-electron chi connectivity index (χ2n) is 2.24. The van der Waals surface area contributed by atoms with E-state index in [1.807, 2.05) is 12.0 Å². The molecule has 1 rings (SSSR count). The summed E-state index contributed by atoms with van der Waals surface area (Å²) in [4.78, 5) is 5.30. The van der Waals surface area contributed by atoms with Crippen LogP contribution in [0.25, 0.3) is 0 Å². The van der Waals surface area contributed by atoms with Gasteiger partial charge >= 0.3 is 0 Å². The fraction of sp³-hybridized carbons (Fsp3) is 0.750. The molecule has 0 radical (unpaired) electrons. The van der Waals surface area contributed by atoms with E-state index in [9.17, 15) is 0 Å². The fourth-order valence-corrected chi connectivity index (χ4v) is 0.871. The third-order valence-electron chi connectivity index (χ3n) is 1.47. The SMILES string of the molecule is CC#CCON1CCOCC1. The summed E-state index contributed by atoms with van der Waals surface area (Å²) in [6.45, 7) is 5.54. The minimum absolute atomic E-state index is 0.497. The molecule has 1 aliphatic heterocycles. The van der Waals surface area contributed by atoms with E-state index in [2.05, 4.69) is 11.8 Å². The Bertz CT molecular complexity index is 153. The van der Waals surface area contributed by atoms with Gasteiger partial charge in [-0.15, -0.1) is 5.92 Å². The third-order valence-corrected chi connectivity index (χ3v) is 1.47. The van der Waals surface area contributed by atoms with Crippen LogP contribution >= 0.6 is 0 Å². The molecule has 1 fully saturated rings. The van der Waals surface area contributed by atoms with Crippen molar-refractivity contribution < 1.29 is 9.57 Å². The maximum atomic E-state index is 5.30. The van der Waals surface area contributed by atoms with E-state index < -0.39 is 0 Å². The van der Waals surface area contributed by atoms with Gasteiger partial charge in [-0.05, 0) is 6.92 Å². The highest BCUT2D eigenvalue weighted by atomic mass is 16.7. The number of rotatable bonds is 2. The van der Waals surface area contributed by atoms with Crippen molar-refractivity contribution in [2.45, 2.75) is 6.92 Å². The Morgan fingerprint density at radius 3 is 2.82 bits per heavy atom. The van der Waals surface area contributed by atoms with Gasteiger partial charge in [-0.25, -0.2) is 0 Å². The van der Waals surface area contributed by atoms with Crippen LogP contribution in [0, 0.1) is 11.8 Å². The van der Waals surface area contributed by atoms with Gasteiger partial charge in [-0.3, -0.25) is 4.84 Å². The topological polar surface area (TPSA) is 21.7 Å². The maximum Gasteiger partial charge on any atom is 0.129 e. The summed E-state index contributed by atoms with van der Waals surface area (Å²) in [5, 5.41) is 1.90. The van der Waals surface area contributed by atoms with Crippen LogP contribution in [0.5, 0.6) is 0 Å². The number of hydrogen-bond acceptors (Lipinski definition) is 3. The smallest absolute Gasteiger partial charge is 0.129 e. The quantitative estimate of drug-likeness (QED) is 0.534. The lowest BCUT2D eigenvalue weighted by Crippen LogP contribution is -2.36. The van der Waals surface area contributed by atoms with Gasteiger partial charge in [0.05, 0.1) is 13.2 Å². The summed E-state index contributed by atoms with van der Waals surface area (Å²) in [5.41, 5.74) is 0. The summed E-state index contributed by atoms with van der Waals surface area (Å²) in [6.07, 6.45) is 0. The molecule has 3 heteroatoms. The van der Waals surface area contributed by atoms with Gasteiger partial charge in [0.2, 0.25) is 0 Å². The minimum atomic E-state index is 0.497. The summed E-state index contributed by atoms with van der Waals surface area (Å²) in [6, 6.07) is 0. The predicted octanol–water partition coefficient (Wildman–Crippen LogP) is 0.274. The Labute approximate surface area is 67.2 Å². The molecule has 1 saturated heterocycles. The molecule has 0 amide bonds. The van der Waals surface area contributed by atoms with Crippen molar-refractivity contribution >= 4 is 0 Å². The second kappa shape index (κ2) is 5.14. The van der Waals surface area contributed by atoms with E-state index in [-0.39, 0.29) is 0 Å². The first-order chi connectivity index (χ1) is 5.43. The zero-order chi connectivity index (χ0) is 7.94. The van der Waals surface area contributed by atoms with Crippen molar-refractivity contribution in [2.75, 3.05) is 32.9 Å². The second-order valence-corrected chi connectivity index (χ2v) is 2.24. The van der Waals surface area contributed by atoms with Crippen molar-refractivity contribution in [2.24, 2.45) is 0 Å². The molecule has 1 heterocycles. The zero-order valence-corrected chi connectivity index (χ0v) is 6.80. The Morgan fingerprint density at radius 1 is 1.45 bits per heavy atom. The molecule has 0 N–H and O–H groups in total. The van der Waals surface area contributed by atoms with E-state index in [4.69, 9.17) is 9.57 Å². The Kier molecular flexibility index (Phi) is 3.99. The lowest BCUT2D eigenvalue weighted by atomic mass is 10.5. The van der Waals surface area contributed by atoms with Crippen LogP contribution in [0.3, 0.4) is 0 Å². The number of nitrogens with zero attached hydrogens (tertiary/aromatic N) is 1. The first kappa shape index (κ1) is 8.54. The monoisotopic (exact) mass is 155 g/mol. The van der Waals surface area contributed by atoms with Crippen LogP contribution in [-0.4, -0.2) is 38.0 Å². The first-order valence-corrected chi connectivity index (χ1v) is 3.78. The standard InChI is InChI=1S/C8H13NO2/c1-2-3-6-11-9-4-7-10-8-5-9/h4-8H2,1H3. The minimum Gasteiger partial charge on any atom is -0.379 e. The van der Waals surface area contributed by atoms with Gasteiger partial charge < -0.3 is 4.74 Å². The molecule has 3 nitrogen and oxygen atoms in total. The molecule has 0 aliphatic carbocycles. The average Bonchev–Trinajstić information content (AvgIpc) is 2.07. The summed E-state index contributed by atoms with van der Waals surface area (Å²) in [5.74, 6) is 5.62. The van der Waals surface area contributed by atoms with Crippen molar-refractivity contribution in [3.8, 4) is 11.8 Å². The van der Waals surface area contributed by atoms with E-state index in [1.54, 1.807) is 0 Å². The van der Waals surface area contributed by atoms with Crippen LogP contribution in [0.4, 0.5) is 0 Å². The van der Waals surface area contributed by atoms with Crippen LogP contribution in [0.2, 0.25) is 0 Å². The van der Waals surface area contributed by atoms with Gasteiger partial charge in [0.1, 0.15) is 6.61 Å². The lowest BCUT2D eigenvalue weighted by molar-refractivity contribution is -0.183. The Morgan fingerprint density at radius 2 is 2.18 bits per heavy atom. The van der Waals surface area contributed by atoms with Crippen LogP contribution < -0.4 is 0 Å². The lowest BCUT2D eigenvalue weighted by Gasteiger charge is -2.24.